The van der Waals surface area contributed by atoms with E-state index in [1.54, 1.807) is 17.0 Å². The Morgan fingerprint density at radius 1 is 1.24 bits per heavy atom. The van der Waals surface area contributed by atoms with Gasteiger partial charge in [-0.25, -0.2) is 4.39 Å². The van der Waals surface area contributed by atoms with Crippen molar-refractivity contribution in [1.82, 2.24) is 13.5 Å². The molecule has 8 heteroatoms. The third-order valence-corrected chi connectivity index (χ3v) is 6.42. The standard InChI is InChI=1S/C17H26FN3O3S/c1-13(2)16-12-20(25(23,24)19(3)4)10-9-17(22)21(16)11-14-5-7-15(18)8-6-14/h5-8,13,16H,9-12H2,1-4H3/t16-/m1/s1. The molecule has 0 radical (unpaired) electrons. The second-order valence-electron chi connectivity index (χ2n) is 6.86. The molecule has 1 aliphatic rings. The summed E-state index contributed by atoms with van der Waals surface area (Å²) in [6, 6.07) is 5.79. The summed E-state index contributed by atoms with van der Waals surface area (Å²) < 4.78 is 40.6. The lowest BCUT2D eigenvalue weighted by Gasteiger charge is -2.35. The Bertz CT molecular complexity index is 704. The molecular formula is C17H26FN3O3S. The number of halogens is 1. The Morgan fingerprint density at radius 2 is 1.84 bits per heavy atom. The Kier molecular flexibility index (Phi) is 6.18. The average Bonchev–Trinajstić information content (AvgIpc) is 2.70. The highest BCUT2D eigenvalue weighted by molar-refractivity contribution is 7.86. The summed E-state index contributed by atoms with van der Waals surface area (Å²) in [5, 5.41) is 0. The number of nitrogens with zero attached hydrogens (tertiary/aromatic N) is 3. The van der Waals surface area contributed by atoms with Crippen molar-refractivity contribution in [2.75, 3.05) is 27.2 Å². The van der Waals surface area contributed by atoms with Crippen LogP contribution in [0.2, 0.25) is 0 Å². The van der Waals surface area contributed by atoms with E-state index in [2.05, 4.69) is 0 Å². The van der Waals surface area contributed by atoms with Gasteiger partial charge in [0.1, 0.15) is 5.82 Å². The molecule has 6 nitrogen and oxygen atoms in total. The van der Waals surface area contributed by atoms with E-state index >= 15 is 0 Å². The number of rotatable bonds is 5. The molecule has 1 heterocycles. The molecule has 0 aliphatic carbocycles. The zero-order valence-electron chi connectivity index (χ0n) is 15.1. The predicted octanol–water partition coefficient (Wildman–Crippen LogP) is 1.69. The van der Waals surface area contributed by atoms with Crippen LogP contribution in [0.15, 0.2) is 24.3 Å². The maximum Gasteiger partial charge on any atom is 0.281 e. The molecule has 1 atom stereocenters. The van der Waals surface area contributed by atoms with Crippen LogP contribution >= 0.6 is 0 Å². The highest BCUT2D eigenvalue weighted by atomic mass is 32.2. The van der Waals surface area contributed by atoms with Crippen LogP contribution < -0.4 is 0 Å². The van der Waals surface area contributed by atoms with Crippen molar-refractivity contribution < 1.29 is 17.6 Å². The molecule has 1 saturated heterocycles. The maximum absolute atomic E-state index is 13.1. The Morgan fingerprint density at radius 3 is 2.36 bits per heavy atom. The first-order chi connectivity index (χ1) is 11.6. The maximum atomic E-state index is 13.1. The van der Waals surface area contributed by atoms with E-state index < -0.39 is 10.2 Å². The van der Waals surface area contributed by atoms with Gasteiger partial charge in [-0.3, -0.25) is 4.79 Å². The van der Waals surface area contributed by atoms with E-state index in [4.69, 9.17) is 0 Å². The summed E-state index contributed by atoms with van der Waals surface area (Å²) in [6.07, 6.45) is 0.136. The van der Waals surface area contributed by atoms with Crippen molar-refractivity contribution in [1.29, 1.82) is 0 Å². The Hall–Kier alpha value is -1.51. The van der Waals surface area contributed by atoms with Gasteiger partial charge in [0.2, 0.25) is 5.91 Å². The molecule has 1 aromatic rings. The molecule has 0 bridgehead atoms. The van der Waals surface area contributed by atoms with E-state index in [0.717, 1.165) is 5.56 Å². The van der Waals surface area contributed by atoms with Crippen molar-refractivity contribution in [3.05, 3.63) is 35.6 Å². The molecule has 1 aliphatic heterocycles. The van der Waals surface area contributed by atoms with E-state index in [1.165, 1.54) is 34.8 Å². The third kappa shape index (κ3) is 4.56. The molecular weight excluding hydrogens is 345 g/mol. The van der Waals surface area contributed by atoms with Crippen molar-refractivity contribution in [3.63, 3.8) is 0 Å². The molecule has 0 N–H and O–H groups in total. The van der Waals surface area contributed by atoms with Gasteiger partial charge in [-0.1, -0.05) is 26.0 Å². The first-order valence-corrected chi connectivity index (χ1v) is 9.74. The molecule has 1 fully saturated rings. The Balaban J connectivity index is 2.29. The van der Waals surface area contributed by atoms with Crippen molar-refractivity contribution >= 4 is 16.1 Å². The summed E-state index contributed by atoms with van der Waals surface area (Å²) in [5.74, 6) is -0.323. The van der Waals surface area contributed by atoms with Gasteiger partial charge < -0.3 is 4.90 Å². The third-order valence-electron chi connectivity index (χ3n) is 4.51. The van der Waals surface area contributed by atoms with Crippen LogP contribution in [0.5, 0.6) is 0 Å². The normalized spacial score (nSPS) is 20.4. The molecule has 1 amide bonds. The van der Waals surface area contributed by atoms with Gasteiger partial charge in [0, 0.05) is 46.2 Å². The van der Waals surface area contributed by atoms with E-state index in [9.17, 15) is 17.6 Å². The number of carbonyl (C=O) groups is 1. The minimum atomic E-state index is -3.58. The largest absolute Gasteiger partial charge is 0.334 e. The second-order valence-corrected chi connectivity index (χ2v) is 9.00. The number of benzene rings is 1. The quantitative estimate of drug-likeness (QED) is 0.791. The first kappa shape index (κ1) is 19.8. The summed E-state index contributed by atoms with van der Waals surface area (Å²) in [6.45, 7) is 4.72. The average molecular weight is 371 g/mol. The van der Waals surface area contributed by atoms with Crippen molar-refractivity contribution in [2.45, 2.75) is 32.9 Å². The fraction of sp³-hybridized carbons (Fsp3) is 0.588. The van der Waals surface area contributed by atoms with Crippen LogP contribution in [-0.4, -0.2) is 61.1 Å². The lowest BCUT2D eigenvalue weighted by atomic mass is 10.0. The first-order valence-electron chi connectivity index (χ1n) is 8.34. The second kappa shape index (κ2) is 7.80. The van der Waals surface area contributed by atoms with Crippen LogP contribution in [0.3, 0.4) is 0 Å². The highest BCUT2D eigenvalue weighted by Gasteiger charge is 2.36. The van der Waals surface area contributed by atoms with E-state index in [-0.39, 0.29) is 43.2 Å². The van der Waals surface area contributed by atoms with Gasteiger partial charge in [-0.05, 0) is 23.6 Å². The monoisotopic (exact) mass is 371 g/mol. The number of amides is 1. The lowest BCUT2D eigenvalue weighted by Crippen LogP contribution is -2.48. The molecule has 140 valence electrons. The van der Waals surface area contributed by atoms with Crippen LogP contribution in [0.25, 0.3) is 0 Å². The lowest BCUT2D eigenvalue weighted by molar-refractivity contribution is -0.134. The predicted molar refractivity (Wildman–Crippen MR) is 94.4 cm³/mol. The van der Waals surface area contributed by atoms with Gasteiger partial charge in [0.05, 0.1) is 0 Å². The minimum absolute atomic E-state index is 0.0838. The van der Waals surface area contributed by atoms with Gasteiger partial charge >= 0.3 is 0 Å². The molecule has 25 heavy (non-hydrogen) atoms. The topological polar surface area (TPSA) is 60.9 Å². The molecule has 1 aromatic carbocycles. The van der Waals surface area contributed by atoms with Crippen LogP contribution in [-0.2, 0) is 21.5 Å². The van der Waals surface area contributed by atoms with Crippen LogP contribution in [0.4, 0.5) is 4.39 Å². The fourth-order valence-electron chi connectivity index (χ4n) is 2.95. The number of hydrogen-bond acceptors (Lipinski definition) is 3. The van der Waals surface area contributed by atoms with E-state index in [1.807, 2.05) is 13.8 Å². The minimum Gasteiger partial charge on any atom is -0.334 e. The summed E-state index contributed by atoms with van der Waals surface area (Å²) in [5.41, 5.74) is 0.823. The zero-order chi connectivity index (χ0) is 18.8. The zero-order valence-corrected chi connectivity index (χ0v) is 16.0. The van der Waals surface area contributed by atoms with Crippen molar-refractivity contribution in [2.24, 2.45) is 5.92 Å². The van der Waals surface area contributed by atoms with Crippen LogP contribution in [0, 0.1) is 11.7 Å². The molecule has 2 rings (SSSR count). The van der Waals surface area contributed by atoms with Crippen molar-refractivity contribution in [3.8, 4) is 0 Å². The van der Waals surface area contributed by atoms with Gasteiger partial charge in [-0.15, -0.1) is 0 Å². The Labute approximate surface area is 149 Å². The SMILES string of the molecule is CC(C)[C@H]1CN(S(=O)(=O)N(C)C)CCC(=O)N1Cc1ccc(F)cc1. The van der Waals surface area contributed by atoms with Gasteiger partial charge in [0.15, 0.2) is 0 Å². The van der Waals surface area contributed by atoms with E-state index in [0.29, 0.717) is 6.54 Å². The smallest absolute Gasteiger partial charge is 0.281 e. The fourth-order valence-corrected chi connectivity index (χ4v) is 4.08. The van der Waals surface area contributed by atoms with Gasteiger partial charge in [0.25, 0.3) is 10.2 Å². The summed E-state index contributed by atoms with van der Waals surface area (Å²) in [4.78, 5) is 14.4. The number of hydrogen-bond donors (Lipinski definition) is 0. The molecule has 0 spiro atoms. The van der Waals surface area contributed by atoms with Gasteiger partial charge in [-0.2, -0.15) is 17.0 Å². The molecule has 0 unspecified atom stereocenters. The molecule has 0 aromatic heterocycles. The summed E-state index contributed by atoms with van der Waals surface area (Å²) >= 11 is 0. The van der Waals surface area contributed by atoms with Crippen LogP contribution in [0.1, 0.15) is 25.8 Å². The molecule has 0 saturated carbocycles. The highest BCUT2D eigenvalue weighted by Crippen LogP contribution is 2.23. The number of carbonyl (C=O) groups excluding carboxylic acids is 1. The summed E-state index contributed by atoms with van der Waals surface area (Å²) in [7, 11) is -0.599.